The number of quaternary nitrogens is 1. The van der Waals surface area contributed by atoms with Crippen LogP contribution in [-0.4, -0.2) is 32.5 Å². The number of pyridine rings is 4. The Bertz CT molecular complexity index is 2360. The van der Waals surface area contributed by atoms with Crippen molar-refractivity contribution in [3.05, 3.63) is 85.5 Å². The van der Waals surface area contributed by atoms with Crippen LogP contribution < -0.4 is 51.8 Å². The summed E-state index contributed by atoms with van der Waals surface area (Å²) in [6.45, 7) is -0.229. The molecule has 1 spiro atoms. The van der Waals surface area contributed by atoms with E-state index in [4.69, 9.17) is 14.7 Å². The van der Waals surface area contributed by atoms with Crippen molar-refractivity contribution in [3.8, 4) is 34.0 Å². The smallest absolute Gasteiger partial charge is 0.354 e. The van der Waals surface area contributed by atoms with E-state index in [0.717, 1.165) is 76.5 Å². The minimum Gasteiger partial charge on any atom is -0.606 e. The summed E-state index contributed by atoms with van der Waals surface area (Å²) in [4.78, 5) is 12.9. The minimum absolute atomic E-state index is 0.0808. The van der Waals surface area contributed by atoms with Gasteiger partial charge in [-0.15, -0.1) is 0 Å². The highest BCUT2D eigenvalue weighted by Crippen LogP contribution is 2.52. The number of rotatable bonds is 0. The largest absolute Gasteiger partial charge is 0.606 e. The van der Waals surface area contributed by atoms with Crippen LogP contribution in [-0.2, 0) is 22.4 Å². The Morgan fingerprint density at radius 1 is 0.591 bits per heavy atom. The van der Waals surface area contributed by atoms with Crippen LogP contribution in [0.3, 0.4) is 0 Å². The van der Waals surface area contributed by atoms with Crippen LogP contribution in [0, 0.1) is 0 Å². The van der Waals surface area contributed by atoms with Crippen molar-refractivity contribution in [1.82, 2.24) is 14.7 Å². The molecule has 13 rings (SSSR count). The third kappa shape index (κ3) is 1.92. The summed E-state index contributed by atoms with van der Waals surface area (Å²) in [5.41, 5.74) is 12.6. The van der Waals surface area contributed by atoms with Crippen molar-refractivity contribution in [2.24, 2.45) is 0 Å². The van der Waals surface area contributed by atoms with Crippen molar-refractivity contribution in [2.45, 2.75) is 19.6 Å². The Morgan fingerprint density at radius 3 is 1.57 bits per heavy atom. The fraction of sp³-hybridized carbons (Fsp3) is 0. The molecule has 44 heavy (non-hydrogen) atoms. The molecule has 11 heterocycles. The van der Waals surface area contributed by atoms with Gasteiger partial charge in [0.2, 0.25) is 23.6 Å². The van der Waals surface area contributed by atoms with Gasteiger partial charge in [0.1, 0.15) is 0 Å². The second-order valence-electron chi connectivity index (χ2n) is 12.2. The van der Waals surface area contributed by atoms with Gasteiger partial charge in [-0.2, -0.15) is 0 Å². The molecule has 6 aromatic rings. The first-order valence-corrected chi connectivity index (χ1v) is 16.8. The summed E-state index contributed by atoms with van der Waals surface area (Å²) in [5, 5.41) is 0. The van der Waals surface area contributed by atoms with Crippen LogP contribution in [0.15, 0.2) is 105 Å². The second kappa shape index (κ2) is 6.63. The van der Waals surface area contributed by atoms with E-state index in [9.17, 15) is 9.11 Å². The summed E-state index contributed by atoms with van der Waals surface area (Å²) < 4.78 is 40.2. The number of benzene rings is 2. The summed E-state index contributed by atoms with van der Waals surface area (Å²) in [6.07, 6.45) is 7.76. The first kappa shape index (κ1) is 22.1. The van der Waals surface area contributed by atoms with Gasteiger partial charge in [-0.3, -0.25) is 0 Å². The maximum Gasteiger partial charge on any atom is 0.354 e. The topological polar surface area (TPSA) is 88.9 Å². The molecule has 0 amide bonds. The van der Waals surface area contributed by atoms with Crippen molar-refractivity contribution in [2.75, 3.05) is 0 Å². The van der Waals surface area contributed by atoms with Crippen LogP contribution in [0.2, 0.25) is 0 Å². The molecular weight excluding hydrogens is 588 g/mol. The Morgan fingerprint density at radius 2 is 1.07 bits per heavy atom. The molecule has 2 unspecified atom stereocenters. The predicted octanol–water partition coefficient (Wildman–Crippen LogP) is -0.697. The van der Waals surface area contributed by atoms with Gasteiger partial charge in [-0.05, 0) is 35.4 Å². The Balaban J connectivity index is 1.32. The first-order valence-electron chi connectivity index (χ1n) is 14.5. The lowest BCUT2D eigenvalue weighted by molar-refractivity contribution is -1.03. The average Bonchev–Trinajstić information content (AvgIpc) is 3.59. The molecule has 7 aliphatic rings. The van der Waals surface area contributed by atoms with Crippen LogP contribution >= 0.6 is 0 Å². The van der Waals surface area contributed by atoms with E-state index < -0.39 is 22.4 Å². The van der Waals surface area contributed by atoms with Gasteiger partial charge in [-0.25, -0.2) is 9.97 Å². The van der Waals surface area contributed by atoms with E-state index in [2.05, 4.69) is 58.1 Å². The molecule has 0 saturated carbocycles. The van der Waals surface area contributed by atoms with E-state index in [-0.39, 0.29) is 18.1 Å². The zero-order valence-electron chi connectivity index (χ0n) is 22.5. The van der Waals surface area contributed by atoms with Gasteiger partial charge in [-0.1, -0.05) is 24.3 Å². The van der Waals surface area contributed by atoms with Crippen LogP contribution in [0.25, 0.3) is 22.3 Å². The lowest BCUT2D eigenvalue weighted by Crippen LogP contribution is -2.99. The van der Waals surface area contributed by atoms with Crippen LogP contribution in [0.4, 0.5) is 11.4 Å². The number of fused-ring (bicyclic) bond motifs is 2. The molecule has 0 fully saturated rings. The molecule has 8 nitrogen and oxygen atoms in total. The van der Waals surface area contributed by atoms with Gasteiger partial charge in [0.05, 0.1) is 23.3 Å². The Kier molecular flexibility index (Phi) is 3.33. The molecular formula is C32H14B2N5O3S2+3. The average molecular weight is 602 g/mol. The number of hydrogen-bond donors (Lipinski definition) is 0. The predicted molar refractivity (Wildman–Crippen MR) is 164 cm³/mol. The summed E-state index contributed by atoms with van der Waals surface area (Å²) in [6, 6.07) is 20.9. The van der Waals surface area contributed by atoms with Crippen molar-refractivity contribution in [1.29, 1.82) is 0 Å². The number of hydrogen-bond acceptors (Lipinski definition) is 5. The highest BCUT2D eigenvalue weighted by molar-refractivity contribution is 7.92. The van der Waals surface area contributed by atoms with Crippen LogP contribution in [0.5, 0.6) is 11.8 Å². The fourth-order valence-corrected chi connectivity index (χ4v) is 12.3. The third-order valence-electron chi connectivity index (χ3n) is 10.7. The normalized spacial score (nSPS) is 22.5. The third-order valence-corrected chi connectivity index (χ3v) is 13.7. The molecule has 2 aromatic carbocycles. The van der Waals surface area contributed by atoms with Gasteiger partial charge in [0, 0.05) is 65.9 Å². The van der Waals surface area contributed by atoms with Crippen molar-refractivity contribution < 1.29 is 23.2 Å². The number of ether oxygens (including phenoxy) is 1. The molecule has 0 aliphatic carbocycles. The Labute approximate surface area is 256 Å². The molecule has 2 atom stereocenters. The monoisotopic (exact) mass is 602 g/mol. The molecule has 0 N–H and O–H groups in total. The lowest BCUT2D eigenvalue weighted by Gasteiger charge is -2.39. The maximum atomic E-state index is 14.4. The maximum absolute atomic E-state index is 14.4. The molecule has 200 valence electrons. The molecule has 0 radical (unpaired) electrons. The SMILES string of the molecule is [O-][S+]1c2cccc3c2B2c4c1cnc1c4[N+]4(c5c(ncc6c5B5c7c(cccc7[S+]6[O-])-c6ccc[n+]4c65)O1)[n+]1cccc-3c12. The molecule has 0 saturated heterocycles. The van der Waals surface area contributed by atoms with E-state index in [1.165, 1.54) is 0 Å². The minimum atomic E-state index is -1.42. The summed E-state index contributed by atoms with van der Waals surface area (Å²) >= 11 is -2.84. The highest BCUT2D eigenvalue weighted by atomic mass is 32.2. The van der Waals surface area contributed by atoms with Crippen LogP contribution in [0.1, 0.15) is 0 Å². The van der Waals surface area contributed by atoms with E-state index in [1.54, 1.807) is 12.4 Å². The fourth-order valence-electron chi connectivity index (χ4n) is 9.41. The molecule has 7 aliphatic heterocycles. The van der Waals surface area contributed by atoms with Gasteiger partial charge >= 0.3 is 24.8 Å². The Hall–Kier alpha value is -4.45. The van der Waals surface area contributed by atoms with Crippen molar-refractivity contribution >= 4 is 80.2 Å². The standard InChI is InChI=1S/C32H14B2N5O3S2/c40-43-19-9-1-5-15-17-7-3-11-37-29(17)33(23(15)19)25-21(43)13-35-31-27(25)39(37)28-26-22(14-36-32(28)42-31)44(41)20-10-2-6-16-18-8-4-12-38(39)30(18)34(26)24(16)20/h1-14H/q+3. The van der Waals surface area contributed by atoms with E-state index >= 15 is 0 Å². The highest BCUT2D eigenvalue weighted by Gasteiger charge is 2.78. The lowest BCUT2D eigenvalue weighted by atomic mass is 9.38. The van der Waals surface area contributed by atoms with Gasteiger partial charge in [0.25, 0.3) is 11.8 Å². The quantitative estimate of drug-likeness (QED) is 0.0993. The zero-order valence-corrected chi connectivity index (χ0v) is 24.1. The molecule has 12 heteroatoms. The van der Waals surface area contributed by atoms with E-state index in [0.29, 0.717) is 21.6 Å². The zero-order chi connectivity index (χ0) is 28.4. The second-order valence-corrected chi connectivity index (χ2v) is 15.1. The van der Waals surface area contributed by atoms with E-state index in [1.807, 2.05) is 24.3 Å². The number of aromatic nitrogens is 4. The van der Waals surface area contributed by atoms with Gasteiger partial charge < -0.3 is 13.8 Å². The number of nitrogens with zero attached hydrogens (tertiary/aromatic N) is 5. The molecule has 0 bridgehead atoms. The summed E-state index contributed by atoms with van der Waals surface area (Å²) in [5.74, 6) is 0.905. The van der Waals surface area contributed by atoms with Crippen molar-refractivity contribution in [3.63, 3.8) is 0 Å². The summed E-state index contributed by atoms with van der Waals surface area (Å²) in [7, 11) is 0. The molecule has 4 aromatic heterocycles. The van der Waals surface area contributed by atoms with Gasteiger partial charge in [0.15, 0.2) is 24.3 Å². The first-order chi connectivity index (χ1) is 21.7.